The number of hydrogen-bond acceptors (Lipinski definition) is 4. The minimum atomic E-state index is -1.13. The molecule has 0 amide bonds. The third kappa shape index (κ3) is 1.76. The molecule has 2 aliphatic rings. The van der Waals surface area contributed by atoms with Crippen LogP contribution in [0.2, 0.25) is 0 Å². The van der Waals surface area contributed by atoms with Crippen molar-refractivity contribution >= 4 is 5.78 Å². The highest BCUT2D eigenvalue weighted by Crippen LogP contribution is 2.37. The van der Waals surface area contributed by atoms with Gasteiger partial charge in [-0.15, -0.1) is 0 Å². The molecule has 0 radical (unpaired) electrons. The second kappa shape index (κ2) is 3.56. The van der Waals surface area contributed by atoms with Gasteiger partial charge in [0.15, 0.2) is 5.78 Å². The first-order valence-corrected chi connectivity index (χ1v) is 4.93. The standard InChI is InChI=1S/C11H14O4/c1-5(2)3-4-6-7(12)9(14)11-10(15-11)8(6)13/h3-4,7,9-12,14H,1-2H3/b6-4-/t7-,9-,10+,11-/m0/s1. The fraction of sp³-hybridized carbons (Fsp3) is 0.545. The molecule has 0 aromatic heterocycles. The van der Waals surface area contributed by atoms with Crippen LogP contribution in [0.25, 0.3) is 0 Å². The first kappa shape index (κ1) is 10.5. The van der Waals surface area contributed by atoms with E-state index >= 15 is 0 Å². The van der Waals surface area contributed by atoms with Gasteiger partial charge in [0.25, 0.3) is 0 Å². The third-order valence-corrected chi connectivity index (χ3v) is 2.64. The van der Waals surface area contributed by atoms with Crippen LogP contribution in [0.4, 0.5) is 0 Å². The highest BCUT2D eigenvalue weighted by molar-refractivity contribution is 6.03. The number of hydrogen-bond donors (Lipinski definition) is 2. The predicted molar refractivity (Wildman–Crippen MR) is 53.2 cm³/mol. The van der Waals surface area contributed by atoms with Crippen molar-refractivity contribution in [2.45, 2.75) is 38.3 Å². The Labute approximate surface area is 87.9 Å². The van der Waals surface area contributed by atoms with E-state index < -0.39 is 24.4 Å². The number of aliphatic hydroxyl groups excluding tert-OH is 2. The first-order valence-electron chi connectivity index (χ1n) is 4.93. The van der Waals surface area contributed by atoms with Gasteiger partial charge < -0.3 is 14.9 Å². The lowest BCUT2D eigenvalue weighted by Crippen LogP contribution is -2.42. The van der Waals surface area contributed by atoms with Crippen molar-refractivity contribution in [3.8, 4) is 0 Å². The number of ketones is 1. The molecule has 4 heteroatoms. The number of rotatable bonds is 1. The Bertz CT molecular complexity index is 352. The van der Waals surface area contributed by atoms with Crippen LogP contribution in [0.5, 0.6) is 0 Å². The summed E-state index contributed by atoms with van der Waals surface area (Å²) in [5.41, 5.74) is 1.26. The number of Topliss-reactive ketones (excluding diaryl/α,β-unsaturated/α-hetero) is 1. The van der Waals surface area contributed by atoms with Gasteiger partial charge in [-0.2, -0.15) is 0 Å². The Kier molecular flexibility index (Phi) is 2.50. The van der Waals surface area contributed by atoms with E-state index in [0.717, 1.165) is 5.57 Å². The van der Waals surface area contributed by atoms with Crippen molar-refractivity contribution in [3.63, 3.8) is 0 Å². The lowest BCUT2D eigenvalue weighted by atomic mass is 9.88. The summed E-state index contributed by atoms with van der Waals surface area (Å²) in [6.07, 6.45) is 0.146. The summed E-state index contributed by atoms with van der Waals surface area (Å²) < 4.78 is 4.99. The average Bonchev–Trinajstić information content (AvgIpc) is 2.94. The van der Waals surface area contributed by atoms with Crippen LogP contribution < -0.4 is 0 Å². The smallest absolute Gasteiger partial charge is 0.193 e. The molecular weight excluding hydrogens is 196 g/mol. The molecule has 0 bridgehead atoms. The van der Waals surface area contributed by atoms with Crippen LogP contribution in [0, 0.1) is 0 Å². The normalized spacial score (nSPS) is 41.3. The summed E-state index contributed by atoms with van der Waals surface area (Å²) in [6.45, 7) is 3.78. The van der Waals surface area contributed by atoms with Crippen LogP contribution in [-0.2, 0) is 9.53 Å². The Morgan fingerprint density at radius 1 is 1.40 bits per heavy atom. The summed E-state index contributed by atoms with van der Waals surface area (Å²) in [5.74, 6) is -0.213. The lowest BCUT2D eigenvalue weighted by molar-refractivity contribution is -0.119. The lowest BCUT2D eigenvalue weighted by Gasteiger charge is -2.21. The Morgan fingerprint density at radius 2 is 2.07 bits per heavy atom. The molecule has 0 spiro atoms. The molecule has 1 saturated carbocycles. The molecule has 0 aromatic carbocycles. The minimum Gasteiger partial charge on any atom is -0.387 e. The first-order chi connectivity index (χ1) is 7.02. The van der Waals surface area contributed by atoms with Crippen LogP contribution in [0.15, 0.2) is 23.3 Å². The van der Waals surface area contributed by atoms with Crippen LogP contribution >= 0.6 is 0 Å². The molecular formula is C11H14O4. The maximum atomic E-state index is 11.6. The predicted octanol–water partition coefficient (Wildman–Crippen LogP) is -0.0491. The molecule has 2 rings (SSSR count). The van der Waals surface area contributed by atoms with Gasteiger partial charge in [-0.1, -0.05) is 17.7 Å². The topological polar surface area (TPSA) is 70.1 Å². The van der Waals surface area contributed by atoms with Gasteiger partial charge in [-0.25, -0.2) is 0 Å². The zero-order valence-corrected chi connectivity index (χ0v) is 8.68. The van der Waals surface area contributed by atoms with Gasteiger partial charge in [0.2, 0.25) is 0 Å². The average molecular weight is 210 g/mol. The van der Waals surface area contributed by atoms with Crippen molar-refractivity contribution in [2.75, 3.05) is 0 Å². The largest absolute Gasteiger partial charge is 0.387 e. The van der Waals surface area contributed by atoms with E-state index in [0.29, 0.717) is 0 Å². The molecule has 1 saturated heterocycles. The SMILES string of the molecule is CC(C)=C/C=C1\C(=O)[C@H]2O[C@H]2[C@@H](O)[C@H]1O. The molecule has 1 aliphatic carbocycles. The number of epoxide rings is 1. The monoisotopic (exact) mass is 210 g/mol. The molecule has 82 valence electrons. The van der Waals surface area contributed by atoms with E-state index in [4.69, 9.17) is 4.74 Å². The summed E-state index contributed by atoms with van der Waals surface area (Å²) in [7, 11) is 0. The van der Waals surface area contributed by atoms with Crippen molar-refractivity contribution in [2.24, 2.45) is 0 Å². The zero-order chi connectivity index (χ0) is 11.2. The molecule has 1 heterocycles. The Morgan fingerprint density at radius 3 is 2.67 bits per heavy atom. The van der Waals surface area contributed by atoms with E-state index in [-0.39, 0.29) is 11.4 Å². The van der Waals surface area contributed by atoms with Gasteiger partial charge in [-0.05, 0) is 13.8 Å². The number of fused-ring (bicyclic) bond motifs is 1. The number of aliphatic hydroxyl groups is 2. The van der Waals surface area contributed by atoms with Gasteiger partial charge in [0, 0.05) is 5.57 Å². The molecule has 4 atom stereocenters. The van der Waals surface area contributed by atoms with Crippen molar-refractivity contribution in [3.05, 3.63) is 23.3 Å². The molecule has 1 aliphatic heterocycles. The van der Waals surface area contributed by atoms with E-state index in [1.807, 2.05) is 13.8 Å². The van der Waals surface area contributed by atoms with Crippen LogP contribution in [-0.4, -0.2) is 40.4 Å². The van der Waals surface area contributed by atoms with Gasteiger partial charge in [0.1, 0.15) is 24.4 Å². The third-order valence-electron chi connectivity index (χ3n) is 2.64. The van der Waals surface area contributed by atoms with Crippen molar-refractivity contribution in [1.82, 2.24) is 0 Å². The highest BCUT2D eigenvalue weighted by atomic mass is 16.6. The van der Waals surface area contributed by atoms with Crippen LogP contribution in [0.3, 0.4) is 0 Å². The molecule has 4 nitrogen and oxygen atoms in total. The Hall–Kier alpha value is -0.970. The zero-order valence-electron chi connectivity index (χ0n) is 8.68. The summed E-state index contributed by atoms with van der Waals surface area (Å²) in [5, 5.41) is 19.2. The summed E-state index contributed by atoms with van der Waals surface area (Å²) in [4.78, 5) is 11.6. The number of carbonyl (C=O) groups excluding carboxylic acids is 1. The molecule has 0 unspecified atom stereocenters. The fourth-order valence-corrected chi connectivity index (χ4v) is 1.71. The van der Waals surface area contributed by atoms with Crippen molar-refractivity contribution < 1.29 is 19.7 Å². The van der Waals surface area contributed by atoms with Gasteiger partial charge in [0.05, 0.1) is 0 Å². The minimum absolute atomic E-state index is 0.213. The molecule has 2 fully saturated rings. The fourth-order valence-electron chi connectivity index (χ4n) is 1.71. The van der Waals surface area contributed by atoms with E-state index in [2.05, 4.69) is 0 Å². The number of allylic oxidation sites excluding steroid dienone is 3. The molecule has 15 heavy (non-hydrogen) atoms. The number of ether oxygens (including phenoxy) is 1. The van der Waals surface area contributed by atoms with Gasteiger partial charge >= 0.3 is 0 Å². The summed E-state index contributed by atoms with van der Waals surface area (Å²) >= 11 is 0. The second-order valence-electron chi connectivity index (χ2n) is 4.19. The second-order valence-corrected chi connectivity index (χ2v) is 4.19. The van der Waals surface area contributed by atoms with E-state index in [1.165, 1.54) is 0 Å². The van der Waals surface area contributed by atoms with Crippen molar-refractivity contribution in [1.29, 1.82) is 0 Å². The quantitative estimate of drug-likeness (QED) is 0.470. The molecule has 0 aromatic rings. The summed E-state index contributed by atoms with van der Waals surface area (Å²) in [6, 6.07) is 0. The maximum Gasteiger partial charge on any atom is 0.193 e. The van der Waals surface area contributed by atoms with E-state index in [1.54, 1.807) is 12.2 Å². The van der Waals surface area contributed by atoms with E-state index in [9.17, 15) is 15.0 Å². The van der Waals surface area contributed by atoms with Crippen LogP contribution in [0.1, 0.15) is 13.8 Å². The number of carbonyl (C=O) groups is 1. The highest BCUT2D eigenvalue weighted by Gasteiger charge is 2.57. The Balaban J connectivity index is 2.25. The molecule has 2 N–H and O–H groups in total. The van der Waals surface area contributed by atoms with Gasteiger partial charge in [-0.3, -0.25) is 4.79 Å². The maximum absolute atomic E-state index is 11.6.